The predicted molar refractivity (Wildman–Crippen MR) is 94.4 cm³/mol. The van der Waals surface area contributed by atoms with Gasteiger partial charge in [-0.3, -0.25) is 0 Å². The number of rotatable bonds is 5. The van der Waals surface area contributed by atoms with Crippen molar-refractivity contribution in [2.24, 2.45) is 5.92 Å². The fraction of sp³-hybridized carbons (Fsp3) is 0.706. The smallest absolute Gasteiger partial charge is 0.133 e. The van der Waals surface area contributed by atoms with Gasteiger partial charge in [0.25, 0.3) is 0 Å². The van der Waals surface area contributed by atoms with E-state index in [4.69, 9.17) is 4.98 Å². The Hall–Kier alpha value is -0.740. The van der Waals surface area contributed by atoms with Gasteiger partial charge in [0.15, 0.2) is 0 Å². The standard InChI is InChI=1S/C17H29N3S/c1-12(2)9-18-10-16-13(3)8-14(4)19-17(16)20-6-7-21-15(5)11-20/h8,12,15,18H,6-7,9-11H2,1-5H3. The second-order valence-electron chi connectivity index (χ2n) is 6.53. The van der Waals surface area contributed by atoms with E-state index >= 15 is 0 Å². The van der Waals surface area contributed by atoms with Crippen LogP contribution in [0.15, 0.2) is 6.07 Å². The molecule has 1 unspecified atom stereocenters. The van der Waals surface area contributed by atoms with Crippen molar-refractivity contribution in [1.29, 1.82) is 0 Å². The lowest BCUT2D eigenvalue weighted by molar-refractivity contribution is 0.550. The number of hydrogen-bond acceptors (Lipinski definition) is 4. The van der Waals surface area contributed by atoms with Gasteiger partial charge < -0.3 is 10.2 Å². The minimum Gasteiger partial charge on any atom is -0.354 e. The molecule has 1 N–H and O–H groups in total. The molecule has 21 heavy (non-hydrogen) atoms. The van der Waals surface area contributed by atoms with Crippen LogP contribution in [0.1, 0.15) is 37.6 Å². The molecular weight excluding hydrogens is 278 g/mol. The summed E-state index contributed by atoms with van der Waals surface area (Å²) in [5.41, 5.74) is 3.86. The number of hydrogen-bond donors (Lipinski definition) is 1. The van der Waals surface area contributed by atoms with Crippen LogP contribution in [0.5, 0.6) is 0 Å². The van der Waals surface area contributed by atoms with E-state index in [2.05, 4.69) is 62.7 Å². The van der Waals surface area contributed by atoms with Gasteiger partial charge in [0.1, 0.15) is 5.82 Å². The summed E-state index contributed by atoms with van der Waals surface area (Å²) >= 11 is 2.07. The summed E-state index contributed by atoms with van der Waals surface area (Å²) in [5.74, 6) is 3.09. The fourth-order valence-corrected chi connectivity index (χ4v) is 3.83. The molecule has 0 aliphatic carbocycles. The number of anilines is 1. The van der Waals surface area contributed by atoms with E-state index in [0.29, 0.717) is 11.2 Å². The Balaban J connectivity index is 2.21. The molecule has 2 rings (SSSR count). The lowest BCUT2D eigenvalue weighted by Gasteiger charge is -2.33. The van der Waals surface area contributed by atoms with E-state index in [9.17, 15) is 0 Å². The first-order valence-corrected chi connectivity index (χ1v) is 9.06. The van der Waals surface area contributed by atoms with Gasteiger partial charge in [0, 0.05) is 41.9 Å². The highest BCUT2D eigenvalue weighted by Gasteiger charge is 2.21. The third-order valence-corrected chi connectivity index (χ3v) is 4.98. The molecule has 1 aromatic heterocycles. The first-order chi connectivity index (χ1) is 9.97. The lowest BCUT2D eigenvalue weighted by Crippen LogP contribution is -2.38. The first kappa shape index (κ1) is 16.6. The van der Waals surface area contributed by atoms with Crippen LogP contribution in [0.25, 0.3) is 0 Å². The van der Waals surface area contributed by atoms with Crippen LogP contribution in [0.3, 0.4) is 0 Å². The molecular formula is C17H29N3S. The summed E-state index contributed by atoms with van der Waals surface area (Å²) in [6.45, 7) is 15.3. The van der Waals surface area contributed by atoms with Crippen LogP contribution >= 0.6 is 11.8 Å². The largest absolute Gasteiger partial charge is 0.354 e. The van der Waals surface area contributed by atoms with E-state index in [0.717, 1.165) is 31.9 Å². The van der Waals surface area contributed by atoms with Gasteiger partial charge in [-0.25, -0.2) is 4.98 Å². The second kappa shape index (κ2) is 7.50. The van der Waals surface area contributed by atoms with Gasteiger partial charge >= 0.3 is 0 Å². The second-order valence-corrected chi connectivity index (χ2v) is 8.08. The van der Waals surface area contributed by atoms with Crippen molar-refractivity contribution in [2.45, 2.75) is 46.4 Å². The van der Waals surface area contributed by atoms with Crippen molar-refractivity contribution in [1.82, 2.24) is 10.3 Å². The molecule has 1 aromatic rings. The zero-order valence-corrected chi connectivity index (χ0v) is 14.9. The third-order valence-electron chi connectivity index (χ3n) is 3.85. The molecule has 0 aromatic carbocycles. The van der Waals surface area contributed by atoms with Gasteiger partial charge in [0.05, 0.1) is 0 Å². The van der Waals surface area contributed by atoms with Crippen molar-refractivity contribution >= 4 is 17.6 Å². The molecule has 0 bridgehead atoms. The van der Waals surface area contributed by atoms with E-state index in [1.54, 1.807) is 0 Å². The highest BCUT2D eigenvalue weighted by atomic mass is 32.2. The molecule has 1 aliphatic rings. The molecule has 1 saturated heterocycles. The maximum absolute atomic E-state index is 4.87. The summed E-state index contributed by atoms with van der Waals surface area (Å²) < 4.78 is 0. The van der Waals surface area contributed by atoms with Crippen molar-refractivity contribution in [3.05, 3.63) is 22.9 Å². The fourth-order valence-electron chi connectivity index (χ4n) is 2.82. The van der Waals surface area contributed by atoms with Gasteiger partial charge in [0.2, 0.25) is 0 Å². The Morgan fingerprint density at radius 1 is 1.43 bits per heavy atom. The highest BCUT2D eigenvalue weighted by molar-refractivity contribution is 8.00. The Labute approximate surface area is 133 Å². The summed E-state index contributed by atoms with van der Waals surface area (Å²) in [4.78, 5) is 7.35. The molecule has 3 nitrogen and oxygen atoms in total. The van der Waals surface area contributed by atoms with Gasteiger partial charge in [-0.2, -0.15) is 11.8 Å². The Bertz CT molecular complexity index is 473. The zero-order valence-electron chi connectivity index (χ0n) is 14.1. The molecule has 0 amide bonds. The Kier molecular flexibility index (Phi) is 5.94. The summed E-state index contributed by atoms with van der Waals surface area (Å²) in [7, 11) is 0. The quantitative estimate of drug-likeness (QED) is 0.902. The molecule has 1 aliphatic heterocycles. The third kappa shape index (κ3) is 4.62. The van der Waals surface area contributed by atoms with Crippen LogP contribution in [0.4, 0.5) is 5.82 Å². The average Bonchev–Trinajstić information content (AvgIpc) is 2.40. The van der Waals surface area contributed by atoms with Crippen molar-refractivity contribution in [3.8, 4) is 0 Å². The maximum Gasteiger partial charge on any atom is 0.133 e. The maximum atomic E-state index is 4.87. The van der Waals surface area contributed by atoms with Gasteiger partial charge in [-0.1, -0.05) is 20.8 Å². The van der Waals surface area contributed by atoms with Crippen LogP contribution in [0.2, 0.25) is 0 Å². The van der Waals surface area contributed by atoms with Crippen LogP contribution in [-0.2, 0) is 6.54 Å². The number of nitrogens with one attached hydrogen (secondary N) is 1. The lowest BCUT2D eigenvalue weighted by atomic mass is 10.1. The Morgan fingerprint density at radius 3 is 2.86 bits per heavy atom. The molecule has 0 spiro atoms. The zero-order chi connectivity index (χ0) is 15.4. The highest BCUT2D eigenvalue weighted by Crippen LogP contribution is 2.27. The average molecular weight is 308 g/mol. The number of pyridine rings is 1. The van der Waals surface area contributed by atoms with E-state index in [1.165, 1.54) is 22.7 Å². The minimum absolute atomic E-state index is 0.679. The van der Waals surface area contributed by atoms with Gasteiger partial charge in [-0.15, -0.1) is 0 Å². The van der Waals surface area contributed by atoms with E-state index in [-0.39, 0.29) is 0 Å². The van der Waals surface area contributed by atoms with E-state index < -0.39 is 0 Å². The molecule has 118 valence electrons. The normalized spacial score (nSPS) is 19.3. The summed E-state index contributed by atoms with van der Waals surface area (Å²) in [5, 5.41) is 4.27. The molecule has 4 heteroatoms. The molecule has 1 atom stereocenters. The van der Waals surface area contributed by atoms with Gasteiger partial charge in [-0.05, 0) is 37.9 Å². The van der Waals surface area contributed by atoms with Crippen LogP contribution < -0.4 is 10.2 Å². The molecule has 0 saturated carbocycles. The number of thioether (sulfide) groups is 1. The number of aryl methyl sites for hydroxylation is 2. The molecule has 1 fully saturated rings. The summed E-state index contributed by atoms with van der Waals surface area (Å²) in [6, 6.07) is 2.21. The minimum atomic E-state index is 0.679. The molecule has 0 radical (unpaired) electrons. The number of nitrogens with zero attached hydrogens (tertiary/aromatic N) is 2. The summed E-state index contributed by atoms with van der Waals surface area (Å²) in [6.07, 6.45) is 0. The Morgan fingerprint density at radius 2 is 2.19 bits per heavy atom. The first-order valence-electron chi connectivity index (χ1n) is 8.01. The molecule has 2 heterocycles. The topological polar surface area (TPSA) is 28.2 Å². The van der Waals surface area contributed by atoms with Crippen molar-refractivity contribution in [2.75, 3.05) is 30.3 Å². The van der Waals surface area contributed by atoms with E-state index in [1.807, 2.05) is 0 Å². The van der Waals surface area contributed by atoms with Crippen molar-refractivity contribution < 1.29 is 0 Å². The SMILES string of the molecule is Cc1cc(C)c(CNCC(C)C)c(N2CCSC(C)C2)n1. The van der Waals surface area contributed by atoms with Crippen LogP contribution in [-0.4, -0.2) is 35.6 Å². The number of aromatic nitrogens is 1. The predicted octanol–water partition coefficient (Wildman–Crippen LogP) is 3.39. The van der Waals surface area contributed by atoms with Crippen molar-refractivity contribution in [3.63, 3.8) is 0 Å². The van der Waals surface area contributed by atoms with Crippen LogP contribution in [0, 0.1) is 19.8 Å². The monoisotopic (exact) mass is 307 g/mol.